The van der Waals surface area contributed by atoms with Gasteiger partial charge in [0.25, 0.3) is 5.91 Å². The summed E-state index contributed by atoms with van der Waals surface area (Å²) in [6, 6.07) is 15.0. The molecule has 0 radical (unpaired) electrons. The molecule has 0 saturated carbocycles. The number of thiazole rings is 1. The van der Waals surface area contributed by atoms with Crippen molar-refractivity contribution in [3.63, 3.8) is 0 Å². The van der Waals surface area contributed by atoms with E-state index >= 15 is 0 Å². The molecule has 0 fully saturated rings. The summed E-state index contributed by atoms with van der Waals surface area (Å²) in [5, 5.41) is 9.83. The third kappa shape index (κ3) is 3.83. The lowest BCUT2D eigenvalue weighted by molar-refractivity contribution is 0.102. The minimum Gasteiger partial charge on any atom is -0.497 e. The number of methoxy groups -OCH3 is 2. The highest BCUT2D eigenvalue weighted by Gasteiger charge is 2.22. The topological polar surface area (TPSA) is 78.3 Å². The number of anilines is 1. The van der Waals surface area contributed by atoms with E-state index < -0.39 is 0 Å². The summed E-state index contributed by atoms with van der Waals surface area (Å²) >= 11 is 1.35. The van der Waals surface area contributed by atoms with Crippen molar-refractivity contribution in [1.82, 2.24) is 14.8 Å². The third-order valence-corrected chi connectivity index (χ3v) is 4.98. The van der Waals surface area contributed by atoms with Crippen molar-refractivity contribution in [3.8, 4) is 28.4 Å². The number of hydrogen-bond donors (Lipinski definition) is 1. The van der Waals surface area contributed by atoms with Crippen LogP contribution in [0.1, 0.15) is 10.4 Å². The fourth-order valence-electron chi connectivity index (χ4n) is 2.90. The molecule has 0 aliphatic rings. The second kappa shape index (κ2) is 8.15. The SMILES string of the molecule is COc1ccc(-c2nn(-c3ccccc3)cc2C(=O)Nc2nccs2)c(OC)c1. The van der Waals surface area contributed by atoms with E-state index in [0.717, 1.165) is 5.69 Å². The predicted octanol–water partition coefficient (Wildman–Crippen LogP) is 4.27. The summed E-state index contributed by atoms with van der Waals surface area (Å²) in [4.78, 5) is 17.1. The van der Waals surface area contributed by atoms with Gasteiger partial charge in [-0.25, -0.2) is 9.67 Å². The van der Waals surface area contributed by atoms with Crippen LogP contribution in [-0.4, -0.2) is 34.9 Å². The molecular weight excluding hydrogens is 388 g/mol. The van der Waals surface area contributed by atoms with Gasteiger partial charge >= 0.3 is 0 Å². The number of benzene rings is 2. The predicted molar refractivity (Wildman–Crippen MR) is 112 cm³/mol. The maximum Gasteiger partial charge on any atom is 0.261 e. The van der Waals surface area contributed by atoms with E-state index in [1.807, 2.05) is 42.5 Å². The van der Waals surface area contributed by atoms with Gasteiger partial charge in [0.1, 0.15) is 17.2 Å². The maximum absolute atomic E-state index is 13.0. The molecular formula is C21H18N4O3S. The summed E-state index contributed by atoms with van der Waals surface area (Å²) in [6.45, 7) is 0. The van der Waals surface area contributed by atoms with Crippen LogP contribution in [0.5, 0.6) is 11.5 Å². The quantitative estimate of drug-likeness (QED) is 0.517. The van der Waals surface area contributed by atoms with E-state index in [4.69, 9.17) is 9.47 Å². The van der Waals surface area contributed by atoms with E-state index in [-0.39, 0.29) is 5.91 Å². The molecule has 2 aromatic carbocycles. The van der Waals surface area contributed by atoms with Gasteiger partial charge in [-0.3, -0.25) is 10.1 Å². The van der Waals surface area contributed by atoms with Crippen molar-refractivity contribution >= 4 is 22.4 Å². The van der Waals surface area contributed by atoms with E-state index in [9.17, 15) is 4.79 Å². The van der Waals surface area contributed by atoms with Gasteiger partial charge < -0.3 is 9.47 Å². The number of rotatable bonds is 6. The van der Waals surface area contributed by atoms with Crippen LogP contribution in [0, 0.1) is 0 Å². The van der Waals surface area contributed by atoms with Crippen molar-refractivity contribution in [2.24, 2.45) is 0 Å². The van der Waals surface area contributed by atoms with Crippen molar-refractivity contribution in [3.05, 3.63) is 71.9 Å². The summed E-state index contributed by atoms with van der Waals surface area (Å²) < 4.78 is 12.5. The first-order valence-corrected chi connectivity index (χ1v) is 9.66. The molecule has 1 amide bonds. The van der Waals surface area contributed by atoms with E-state index in [1.165, 1.54) is 11.3 Å². The zero-order valence-electron chi connectivity index (χ0n) is 15.8. The molecule has 2 heterocycles. The second-order valence-electron chi connectivity index (χ2n) is 6.03. The number of hydrogen-bond acceptors (Lipinski definition) is 6. The van der Waals surface area contributed by atoms with Crippen LogP contribution in [0.4, 0.5) is 5.13 Å². The van der Waals surface area contributed by atoms with Gasteiger partial charge in [0.05, 0.1) is 25.5 Å². The highest BCUT2D eigenvalue weighted by atomic mass is 32.1. The van der Waals surface area contributed by atoms with Crippen LogP contribution >= 0.6 is 11.3 Å². The number of ether oxygens (including phenoxy) is 2. The lowest BCUT2D eigenvalue weighted by Gasteiger charge is -2.10. The van der Waals surface area contributed by atoms with Gasteiger partial charge in [0.15, 0.2) is 5.13 Å². The van der Waals surface area contributed by atoms with Crippen molar-refractivity contribution in [1.29, 1.82) is 0 Å². The van der Waals surface area contributed by atoms with Gasteiger partial charge in [-0.2, -0.15) is 5.10 Å². The maximum atomic E-state index is 13.0. The molecule has 0 atom stereocenters. The van der Waals surface area contributed by atoms with Crippen LogP contribution in [0.2, 0.25) is 0 Å². The van der Waals surface area contributed by atoms with Gasteiger partial charge in [-0.05, 0) is 24.3 Å². The fourth-order valence-corrected chi connectivity index (χ4v) is 3.42. The Kier molecular flexibility index (Phi) is 5.26. The number of carbonyl (C=O) groups is 1. The summed E-state index contributed by atoms with van der Waals surface area (Å²) in [6.07, 6.45) is 3.35. The molecule has 1 N–H and O–H groups in total. The summed E-state index contributed by atoms with van der Waals surface area (Å²) in [7, 11) is 3.16. The van der Waals surface area contributed by atoms with E-state index in [0.29, 0.717) is 33.5 Å². The Hall–Kier alpha value is -3.65. The van der Waals surface area contributed by atoms with Crippen molar-refractivity contribution in [2.75, 3.05) is 19.5 Å². The van der Waals surface area contributed by atoms with Gasteiger partial charge in [-0.15, -0.1) is 11.3 Å². The summed E-state index contributed by atoms with van der Waals surface area (Å²) in [5.74, 6) is 0.919. The average Bonchev–Trinajstić information content (AvgIpc) is 3.44. The molecule has 4 aromatic rings. The number of aromatic nitrogens is 3. The number of carbonyl (C=O) groups excluding carboxylic acids is 1. The van der Waals surface area contributed by atoms with Crippen molar-refractivity contribution < 1.29 is 14.3 Å². The van der Waals surface area contributed by atoms with Gasteiger partial charge in [0.2, 0.25) is 0 Å². The fraction of sp³-hybridized carbons (Fsp3) is 0.0952. The van der Waals surface area contributed by atoms with E-state index in [1.54, 1.807) is 42.7 Å². The van der Waals surface area contributed by atoms with Crippen molar-refractivity contribution in [2.45, 2.75) is 0 Å². The van der Waals surface area contributed by atoms with Crippen LogP contribution < -0.4 is 14.8 Å². The molecule has 146 valence electrons. The Balaban J connectivity index is 1.83. The first-order valence-electron chi connectivity index (χ1n) is 8.78. The van der Waals surface area contributed by atoms with Crippen LogP contribution in [0.15, 0.2) is 66.3 Å². The highest BCUT2D eigenvalue weighted by Crippen LogP contribution is 2.35. The highest BCUT2D eigenvalue weighted by molar-refractivity contribution is 7.13. The first kappa shape index (κ1) is 18.7. The second-order valence-corrected chi connectivity index (χ2v) is 6.92. The number of nitrogens with one attached hydrogen (secondary N) is 1. The molecule has 0 aliphatic carbocycles. The number of amides is 1. The van der Waals surface area contributed by atoms with Gasteiger partial charge in [0, 0.05) is 29.4 Å². The molecule has 4 rings (SSSR count). The van der Waals surface area contributed by atoms with E-state index in [2.05, 4.69) is 15.4 Å². The molecule has 0 saturated heterocycles. The standard InChI is InChI=1S/C21H18N4O3S/c1-27-15-8-9-16(18(12-15)28-2)19-17(20(26)23-21-22-10-11-29-21)13-25(24-19)14-6-4-3-5-7-14/h3-13H,1-2H3,(H,22,23,26). The molecule has 0 aliphatic heterocycles. The molecule has 7 nitrogen and oxygen atoms in total. The lowest BCUT2D eigenvalue weighted by atomic mass is 10.1. The molecule has 0 unspecified atom stereocenters. The first-order chi connectivity index (χ1) is 14.2. The van der Waals surface area contributed by atoms with Crippen LogP contribution in [0.25, 0.3) is 16.9 Å². The Morgan fingerprint density at radius 2 is 1.93 bits per heavy atom. The average molecular weight is 406 g/mol. The smallest absolute Gasteiger partial charge is 0.261 e. The largest absolute Gasteiger partial charge is 0.497 e. The number of nitrogens with zero attached hydrogens (tertiary/aromatic N) is 3. The Morgan fingerprint density at radius 1 is 1.10 bits per heavy atom. The molecule has 0 bridgehead atoms. The zero-order chi connectivity index (χ0) is 20.2. The summed E-state index contributed by atoms with van der Waals surface area (Å²) in [5.41, 5.74) is 2.44. The Morgan fingerprint density at radius 3 is 2.62 bits per heavy atom. The zero-order valence-corrected chi connectivity index (χ0v) is 16.6. The Labute approximate surface area is 171 Å². The molecule has 8 heteroatoms. The molecule has 0 spiro atoms. The molecule has 2 aromatic heterocycles. The third-order valence-electron chi connectivity index (χ3n) is 4.30. The normalized spacial score (nSPS) is 10.6. The van der Waals surface area contributed by atoms with Crippen LogP contribution in [0.3, 0.4) is 0 Å². The monoisotopic (exact) mass is 406 g/mol. The Bertz CT molecular complexity index is 1120. The van der Waals surface area contributed by atoms with Crippen LogP contribution in [-0.2, 0) is 0 Å². The lowest BCUT2D eigenvalue weighted by Crippen LogP contribution is -2.12. The minimum atomic E-state index is -0.296. The minimum absolute atomic E-state index is 0.296. The van der Waals surface area contributed by atoms with Gasteiger partial charge in [-0.1, -0.05) is 18.2 Å². The molecule has 29 heavy (non-hydrogen) atoms. The number of para-hydroxylation sites is 1.